The highest BCUT2D eigenvalue weighted by Crippen LogP contribution is 2.38. The van der Waals surface area contributed by atoms with Crippen LogP contribution in [-0.4, -0.2) is 41.6 Å². The van der Waals surface area contributed by atoms with Gasteiger partial charge in [0.15, 0.2) is 11.5 Å². The van der Waals surface area contributed by atoms with Crippen LogP contribution in [0.15, 0.2) is 47.4 Å². The molecule has 1 aromatic heterocycles. The molecule has 0 saturated carbocycles. The topological polar surface area (TPSA) is 63.6 Å². The summed E-state index contributed by atoms with van der Waals surface area (Å²) in [6.45, 7) is 3.50. The molecule has 148 valence electrons. The maximum absolute atomic E-state index is 13.1. The second-order valence-corrected chi connectivity index (χ2v) is 8.12. The number of amides is 1. The number of benzene rings is 2. The van der Waals surface area contributed by atoms with Gasteiger partial charge in [-0.05, 0) is 44.1 Å². The molecule has 0 aliphatic carbocycles. The number of hydrogen-bond donors (Lipinski definition) is 1. The summed E-state index contributed by atoms with van der Waals surface area (Å²) in [4.78, 5) is 28.3. The molecule has 2 aliphatic heterocycles. The summed E-state index contributed by atoms with van der Waals surface area (Å²) < 4.78 is 7.97. The van der Waals surface area contributed by atoms with E-state index in [0.29, 0.717) is 28.9 Å². The molecule has 29 heavy (non-hydrogen) atoms. The summed E-state index contributed by atoms with van der Waals surface area (Å²) in [5.74, 6) is 0.991. The van der Waals surface area contributed by atoms with Gasteiger partial charge in [0.1, 0.15) is 11.1 Å². The maximum atomic E-state index is 13.1. The van der Waals surface area contributed by atoms with Gasteiger partial charge in [-0.2, -0.15) is 0 Å². The van der Waals surface area contributed by atoms with Crippen molar-refractivity contribution in [2.45, 2.75) is 12.8 Å². The van der Waals surface area contributed by atoms with E-state index in [1.807, 2.05) is 34.9 Å². The summed E-state index contributed by atoms with van der Waals surface area (Å²) >= 11 is 0. The molecule has 2 aromatic carbocycles. The Labute approximate surface area is 170 Å². The van der Waals surface area contributed by atoms with Crippen LogP contribution in [0.5, 0.6) is 11.5 Å². The van der Waals surface area contributed by atoms with E-state index in [1.165, 1.54) is 12.8 Å². The first-order valence-corrected chi connectivity index (χ1v) is 10.5. The summed E-state index contributed by atoms with van der Waals surface area (Å²) in [5.41, 5.74) is 1.38. The van der Waals surface area contributed by atoms with E-state index in [2.05, 4.69) is 19.5 Å². The van der Waals surface area contributed by atoms with Crippen molar-refractivity contribution >= 4 is 31.4 Å². The Bertz CT molecular complexity index is 1180. The molecule has 3 heterocycles. The first-order valence-electron chi connectivity index (χ1n) is 9.89. The summed E-state index contributed by atoms with van der Waals surface area (Å²) in [6, 6.07) is 11.2. The van der Waals surface area contributed by atoms with Crippen molar-refractivity contribution < 1.29 is 9.53 Å². The van der Waals surface area contributed by atoms with Crippen molar-refractivity contribution in [1.29, 1.82) is 0 Å². The van der Waals surface area contributed by atoms with Crippen molar-refractivity contribution in [3.8, 4) is 17.2 Å². The second kappa shape index (κ2) is 7.29. The number of likely N-dealkylation sites (tertiary alicyclic amines) is 1. The molecule has 5 rings (SSSR count). The van der Waals surface area contributed by atoms with E-state index in [9.17, 15) is 9.59 Å². The largest absolute Gasteiger partial charge is 0.452 e. The molecule has 0 bridgehead atoms. The van der Waals surface area contributed by atoms with Crippen molar-refractivity contribution in [3.63, 3.8) is 0 Å². The lowest BCUT2D eigenvalue weighted by atomic mass is 10.1. The number of rotatable bonds is 4. The zero-order valence-corrected chi connectivity index (χ0v) is 17.1. The fraction of sp³-hybridized carbons (Fsp3) is 0.273. The van der Waals surface area contributed by atoms with E-state index in [4.69, 9.17) is 4.74 Å². The highest BCUT2D eigenvalue weighted by Gasteiger charge is 2.25. The number of pyridine rings is 1. The molecule has 3 aromatic rings. The van der Waals surface area contributed by atoms with Crippen LogP contribution in [-0.2, 0) is 0 Å². The van der Waals surface area contributed by atoms with Crippen LogP contribution < -0.4 is 20.8 Å². The third-order valence-electron chi connectivity index (χ3n) is 5.64. The van der Waals surface area contributed by atoms with Gasteiger partial charge in [0.2, 0.25) is 5.43 Å². The van der Waals surface area contributed by atoms with E-state index in [0.717, 1.165) is 30.6 Å². The molecule has 1 N–H and O–H groups in total. The summed E-state index contributed by atoms with van der Waals surface area (Å²) in [5, 5.41) is 4.26. The van der Waals surface area contributed by atoms with Crippen LogP contribution in [0.1, 0.15) is 23.2 Å². The molecule has 1 unspecified atom stereocenters. The molecule has 7 heteroatoms. The van der Waals surface area contributed by atoms with Gasteiger partial charge in [0, 0.05) is 24.6 Å². The Kier molecular flexibility index (Phi) is 4.61. The molecule has 1 amide bonds. The Morgan fingerprint density at radius 1 is 1.14 bits per heavy atom. The molecule has 1 fully saturated rings. The Morgan fingerprint density at radius 3 is 2.76 bits per heavy atom. The normalized spacial score (nSPS) is 15.2. The number of hydrogen-bond acceptors (Lipinski definition) is 4. The molecular formula is C22H22N3O3P. The first-order chi connectivity index (χ1) is 14.1. The number of carbonyl (C=O) groups is 1. The fourth-order valence-electron chi connectivity index (χ4n) is 4.15. The van der Waals surface area contributed by atoms with Gasteiger partial charge in [0.25, 0.3) is 5.91 Å². The minimum atomic E-state index is -0.333. The van der Waals surface area contributed by atoms with Crippen LogP contribution in [0.3, 0.4) is 0 Å². The minimum absolute atomic E-state index is 0.151. The lowest BCUT2D eigenvalue weighted by Crippen LogP contribution is -2.36. The molecule has 2 aliphatic rings. The van der Waals surface area contributed by atoms with Gasteiger partial charge in [-0.3, -0.25) is 9.59 Å². The van der Waals surface area contributed by atoms with Gasteiger partial charge in [0.05, 0.1) is 11.1 Å². The maximum Gasteiger partial charge on any atom is 0.256 e. The zero-order valence-electron chi connectivity index (χ0n) is 16.0. The lowest BCUT2D eigenvalue weighted by molar-refractivity contribution is 0.0948. The smallest absolute Gasteiger partial charge is 0.256 e. The van der Waals surface area contributed by atoms with Gasteiger partial charge >= 0.3 is 0 Å². The molecular weight excluding hydrogens is 385 g/mol. The van der Waals surface area contributed by atoms with Crippen LogP contribution in [0, 0.1) is 0 Å². The van der Waals surface area contributed by atoms with Crippen LogP contribution in [0.2, 0.25) is 0 Å². The zero-order chi connectivity index (χ0) is 20.0. The Morgan fingerprint density at radius 2 is 1.93 bits per heavy atom. The van der Waals surface area contributed by atoms with Gasteiger partial charge in [-0.1, -0.05) is 18.2 Å². The van der Waals surface area contributed by atoms with Gasteiger partial charge in [-0.25, -0.2) is 0 Å². The average molecular weight is 407 g/mol. The number of aromatic nitrogens is 1. The fourth-order valence-corrected chi connectivity index (χ4v) is 4.44. The minimum Gasteiger partial charge on any atom is -0.452 e. The Balaban J connectivity index is 1.56. The predicted octanol–water partition coefficient (Wildman–Crippen LogP) is 2.42. The highest BCUT2D eigenvalue weighted by molar-refractivity contribution is 7.27. The number of carbonyl (C=O) groups excluding carboxylic acids is 1. The van der Waals surface area contributed by atoms with E-state index < -0.39 is 0 Å². The van der Waals surface area contributed by atoms with E-state index in [1.54, 1.807) is 12.3 Å². The molecule has 0 spiro atoms. The third kappa shape index (κ3) is 3.13. The van der Waals surface area contributed by atoms with Crippen molar-refractivity contribution in [2.75, 3.05) is 26.2 Å². The first kappa shape index (κ1) is 18.3. The Hall–Kier alpha value is -2.69. The lowest BCUT2D eigenvalue weighted by Gasteiger charge is -2.24. The number of nitrogens with one attached hydrogen (secondary N) is 1. The van der Waals surface area contributed by atoms with Crippen LogP contribution in [0.4, 0.5) is 0 Å². The van der Waals surface area contributed by atoms with E-state index >= 15 is 0 Å². The predicted molar refractivity (Wildman–Crippen MR) is 117 cm³/mol. The monoisotopic (exact) mass is 407 g/mol. The molecule has 6 nitrogen and oxygen atoms in total. The van der Waals surface area contributed by atoms with Crippen LogP contribution >= 0.6 is 9.24 Å². The average Bonchev–Trinajstić information content (AvgIpc) is 3.25. The van der Waals surface area contributed by atoms with Crippen molar-refractivity contribution in [3.05, 3.63) is 58.4 Å². The third-order valence-corrected chi connectivity index (χ3v) is 6.10. The molecule has 0 radical (unpaired) electrons. The molecule has 1 atom stereocenters. The second-order valence-electron chi connectivity index (χ2n) is 7.50. The molecule has 1 saturated heterocycles. The number of nitrogens with zero attached hydrogens (tertiary/aromatic N) is 2. The number of ether oxygens (including phenoxy) is 1. The van der Waals surface area contributed by atoms with Crippen molar-refractivity contribution in [1.82, 2.24) is 14.8 Å². The van der Waals surface area contributed by atoms with E-state index in [-0.39, 0.29) is 16.9 Å². The summed E-state index contributed by atoms with van der Waals surface area (Å²) in [7, 11) is 2.65. The SMILES string of the molecule is O=C(NCCN1CCCC1)c1cn2c3c(c(P)ccc3c1=O)Oc1ccccc1-2. The number of fused-ring (bicyclic) bond motifs is 2. The van der Waals surface area contributed by atoms with Gasteiger partial charge < -0.3 is 19.5 Å². The number of para-hydroxylation sites is 2. The summed E-state index contributed by atoms with van der Waals surface area (Å²) in [6.07, 6.45) is 4.07. The quantitative estimate of drug-likeness (QED) is 0.528. The van der Waals surface area contributed by atoms with Crippen molar-refractivity contribution in [2.24, 2.45) is 0 Å². The van der Waals surface area contributed by atoms with Gasteiger partial charge in [-0.15, -0.1) is 9.24 Å². The highest BCUT2D eigenvalue weighted by atomic mass is 31.0. The standard InChI is InChI=1S/C22H22N3O3P/c26-20-14-7-8-18(29)21-19(14)25(16-5-1-2-6-17(16)28-21)13-15(20)22(27)23-9-12-24-10-3-4-11-24/h1-2,5-8,13H,3-4,9-12,29H2,(H,23,27). The van der Waals surface area contributed by atoms with Crippen LogP contribution in [0.25, 0.3) is 16.6 Å².